The number of ether oxygens (including phenoxy) is 1. The topological polar surface area (TPSA) is 38.5 Å². The van der Waals surface area contributed by atoms with Gasteiger partial charge in [-0.15, -0.1) is 12.4 Å². The van der Waals surface area contributed by atoms with Crippen molar-refractivity contribution in [3.8, 4) is 5.75 Å². The zero-order valence-electron chi connectivity index (χ0n) is 13.1. The van der Waals surface area contributed by atoms with Crippen molar-refractivity contribution in [3.63, 3.8) is 0 Å². The van der Waals surface area contributed by atoms with E-state index >= 15 is 4.39 Å². The third-order valence-corrected chi connectivity index (χ3v) is 3.87. The van der Waals surface area contributed by atoms with Crippen LogP contribution < -0.4 is 10.5 Å². The minimum Gasteiger partial charge on any atom is -0.496 e. The number of nitrogens with two attached hydrogens (primary N) is 1. The van der Waals surface area contributed by atoms with Crippen molar-refractivity contribution in [2.75, 3.05) is 26.7 Å². The third-order valence-electron chi connectivity index (χ3n) is 3.87. The van der Waals surface area contributed by atoms with E-state index in [1.165, 1.54) is 0 Å². The van der Waals surface area contributed by atoms with Gasteiger partial charge >= 0.3 is 0 Å². The second kappa shape index (κ2) is 6.95. The van der Waals surface area contributed by atoms with Gasteiger partial charge in [-0.1, -0.05) is 18.2 Å². The maximum atomic E-state index is 15.2. The predicted octanol–water partition coefficient (Wildman–Crippen LogP) is 3.11. The molecule has 0 saturated carbocycles. The molecular weight excluding hydrogens is 291 g/mol. The smallest absolute Gasteiger partial charge is 0.142 e. The SMILES string of the molecule is COc1ccccc1C1(F)CCN(CC(C)(C)N)CC1.Cl. The number of halogens is 2. The van der Waals surface area contributed by atoms with Gasteiger partial charge in [0.2, 0.25) is 0 Å². The highest BCUT2D eigenvalue weighted by Crippen LogP contribution is 2.41. The highest BCUT2D eigenvalue weighted by Gasteiger charge is 2.38. The number of hydrogen-bond donors (Lipinski definition) is 1. The van der Waals surface area contributed by atoms with Crippen LogP contribution in [-0.2, 0) is 5.67 Å². The Balaban J connectivity index is 0.00000220. The van der Waals surface area contributed by atoms with Crippen LogP contribution in [0.25, 0.3) is 0 Å². The van der Waals surface area contributed by atoms with Gasteiger partial charge in [0.05, 0.1) is 7.11 Å². The van der Waals surface area contributed by atoms with Gasteiger partial charge in [0.15, 0.2) is 0 Å². The van der Waals surface area contributed by atoms with Crippen LogP contribution in [0.1, 0.15) is 32.3 Å². The monoisotopic (exact) mass is 316 g/mol. The second-order valence-corrected chi connectivity index (χ2v) is 6.43. The molecule has 0 spiro atoms. The van der Waals surface area contributed by atoms with E-state index in [0.29, 0.717) is 24.2 Å². The molecule has 0 unspecified atom stereocenters. The van der Waals surface area contributed by atoms with Crippen molar-refractivity contribution in [2.24, 2.45) is 5.73 Å². The molecule has 0 aliphatic carbocycles. The van der Waals surface area contributed by atoms with Crippen molar-refractivity contribution < 1.29 is 9.13 Å². The fraction of sp³-hybridized carbons (Fsp3) is 0.625. The van der Waals surface area contributed by atoms with Crippen LogP contribution in [0.4, 0.5) is 4.39 Å². The van der Waals surface area contributed by atoms with Crippen LogP contribution in [0.5, 0.6) is 5.75 Å². The summed E-state index contributed by atoms with van der Waals surface area (Å²) in [5.74, 6) is 0.641. The Morgan fingerprint density at radius 1 is 1.29 bits per heavy atom. The molecule has 0 amide bonds. The van der Waals surface area contributed by atoms with Crippen LogP contribution in [0.15, 0.2) is 24.3 Å². The maximum Gasteiger partial charge on any atom is 0.142 e. The number of nitrogens with zero attached hydrogens (tertiary/aromatic N) is 1. The molecule has 1 fully saturated rings. The van der Waals surface area contributed by atoms with Crippen molar-refractivity contribution in [3.05, 3.63) is 29.8 Å². The van der Waals surface area contributed by atoms with Crippen molar-refractivity contribution in [2.45, 2.75) is 37.9 Å². The summed E-state index contributed by atoms with van der Waals surface area (Å²) < 4.78 is 20.5. The summed E-state index contributed by atoms with van der Waals surface area (Å²) in [5, 5.41) is 0. The van der Waals surface area contributed by atoms with Gasteiger partial charge in [-0.2, -0.15) is 0 Å². The first-order valence-electron chi connectivity index (χ1n) is 7.18. The molecule has 1 heterocycles. The highest BCUT2D eigenvalue weighted by atomic mass is 35.5. The minimum atomic E-state index is -1.29. The molecule has 0 bridgehead atoms. The molecule has 1 aliphatic rings. The standard InChI is InChI=1S/C16H25FN2O.ClH/c1-15(2,18)12-19-10-8-16(17,9-11-19)13-6-4-5-7-14(13)20-3;/h4-7H,8-12,18H2,1-3H3;1H. The number of para-hydroxylation sites is 1. The Kier molecular flexibility index (Phi) is 6.02. The number of methoxy groups -OCH3 is 1. The lowest BCUT2D eigenvalue weighted by Crippen LogP contribution is -2.49. The van der Waals surface area contributed by atoms with Crippen molar-refractivity contribution in [1.29, 1.82) is 0 Å². The van der Waals surface area contributed by atoms with E-state index in [1.54, 1.807) is 7.11 Å². The molecule has 1 aliphatic heterocycles. The van der Waals surface area contributed by atoms with Gasteiger partial charge < -0.3 is 15.4 Å². The summed E-state index contributed by atoms with van der Waals surface area (Å²) in [7, 11) is 1.59. The molecule has 1 saturated heterocycles. The zero-order chi connectivity index (χ0) is 14.8. The number of hydrogen-bond acceptors (Lipinski definition) is 3. The van der Waals surface area contributed by atoms with E-state index in [1.807, 2.05) is 38.1 Å². The number of rotatable bonds is 4. The maximum absolute atomic E-state index is 15.2. The predicted molar refractivity (Wildman–Crippen MR) is 87.0 cm³/mol. The molecule has 0 aromatic heterocycles. The Morgan fingerprint density at radius 3 is 2.38 bits per heavy atom. The molecule has 1 aromatic rings. The van der Waals surface area contributed by atoms with Gasteiger partial charge in [-0.25, -0.2) is 4.39 Å². The van der Waals surface area contributed by atoms with Crippen LogP contribution in [0.2, 0.25) is 0 Å². The number of likely N-dealkylation sites (tertiary alicyclic amines) is 1. The normalized spacial score (nSPS) is 18.9. The average molecular weight is 317 g/mol. The van der Waals surface area contributed by atoms with E-state index < -0.39 is 5.67 Å². The van der Waals surface area contributed by atoms with Gasteiger partial charge in [0.25, 0.3) is 0 Å². The molecule has 21 heavy (non-hydrogen) atoms. The van der Waals surface area contributed by atoms with E-state index in [0.717, 1.165) is 19.6 Å². The first-order chi connectivity index (χ1) is 9.34. The lowest BCUT2D eigenvalue weighted by molar-refractivity contribution is 0.0465. The van der Waals surface area contributed by atoms with E-state index in [-0.39, 0.29) is 17.9 Å². The first-order valence-corrected chi connectivity index (χ1v) is 7.18. The Labute approximate surface area is 133 Å². The first kappa shape index (κ1) is 18.2. The number of benzene rings is 1. The summed E-state index contributed by atoms with van der Waals surface area (Å²) >= 11 is 0. The van der Waals surface area contributed by atoms with Crippen LogP contribution in [0.3, 0.4) is 0 Å². The molecule has 3 nitrogen and oxygen atoms in total. The molecule has 2 N–H and O–H groups in total. The molecule has 5 heteroatoms. The number of piperidine rings is 1. The second-order valence-electron chi connectivity index (χ2n) is 6.43. The summed E-state index contributed by atoms with van der Waals surface area (Å²) in [4.78, 5) is 2.24. The fourth-order valence-electron chi connectivity index (χ4n) is 2.93. The summed E-state index contributed by atoms with van der Waals surface area (Å²) in [6.45, 7) is 6.27. The summed E-state index contributed by atoms with van der Waals surface area (Å²) in [6, 6.07) is 7.40. The number of alkyl halides is 1. The van der Waals surface area contributed by atoms with Crippen molar-refractivity contribution >= 4 is 12.4 Å². The summed E-state index contributed by atoms with van der Waals surface area (Å²) in [6.07, 6.45) is 0.979. The van der Waals surface area contributed by atoms with Crippen LogP contribution in [0, 0.1) is 0 Å². The van der Waals surface area contributed by atoms with E-state index in [2.05, 4.69) is 4.90 Å². The fourth-order valence-corrected chi connectivity index (χ4v) is 2.93. The van der Waals surface area contributed by atoms with Crippen molar-refractivity contribution in [1.82, 2.24) is 4.90 Å². The molecule has 2 rings (SSSR count). The Bertz CT molecular complexity index is 454. The summed E-state index contributed by atoms with van der Waals surface area (Å²) in [5.41, 5.74) is 5.19. The molecule has 0 radical (unpaired) electrons. The molecule has 120 valence electrons. The highest BCUT2D eigenvalue weighted by molar-refractivity contribution is 5.85. The molecular formula is C16H26ClFN2O. The molecule has 0 atom stereocenters. The Morgan fingerprint density at radius 2 is 1.86 bits per heavy atom. The third kappa shape index (κ3) is 4.56. The lowest BCUT2D eigenvalue weighted by Gasteiger charge is -2.39. The van der Waals surface area contributed by atoms with Crippen LogP contribution in [-0.4, -0.2) is 37.2 Å². The van der Waals surface area contributed by atoms with Crippen LogP contribution >= 0.6 is 12.4 Å². The zero-order valence-corrected chi connectivity index (χ0v) is 13.9. The Hall–Kier alpha value is -0.840. The largest absolute Gasteiger partial charge is 0.496 e. The quantitative estimate of drug-likeness (QED) is 0.927. The van der Waals surface area contributed by atoms with Gasteiger partial charge in [-0.05, 0) is 32.8 Å². The van der Waals surface area contributed by atoms with Gasteiger partial charge in [-0.3, -0.25) is 0 Å². The lowest BCUT2D eigenvalue weighted by atomic mass is 9.85. The van der Waals surface area contributed by atoms with Gasteiger partial charge in [0.1, 0.15) is 11.4 Å². The average Bonchev–Trinajstić information content (AvgIpc) is 2.40. The van der Waals surface area contributed by atoms with E-state index in [9.17, 15) is 0 Å². The van der Waals surface area contributed by atoms with E-state index in [4.69, 9.17) is 10.5 Å². The molecule has 1 aromatic carbocycles. The minimum absolute atomic E-state index is 0. The van der Waals surface area contributed by atoms with Gasteiger partial charge in [0, 0.05) is 30.7 Å².